The molecule has 1 aliphatic heterocycles. The molecule has 1 saturated heterocycles. The SMILES string of the molecule is CC(C)Cc1ccc(CN2CCC(CN)C2)s1.Cl.Cl. The summed E-state index contributed by atoms with van der Waals surface area (Å²) in [5.41, 5.74) is 5.72. The second-order valence-corrected chi connectivity index (χ2v) is 6.84. The van der Waals surface area contributed by atoms with E-state index in [9.17, 15) is 0 Å². The van der Waals surface area contributed by atoms with Crippen LogP contribution in [0.2, 0.25) is 0 Å². The predicted octanol–water partition coefficient (Wildman–Crippen LogP) is 3.57. The molecule has 5 heteroatoms. The first-order valence-corrected chi connectivity index (χ1v) is 7.49. The molecule has 0 spiro atoms. The van der Waals surface area contributed by atoms with Crippen LogP contribution in [0.15, 0.2) is 12.1 Å². The molecule has 0 aliphatic carbocycles. The lowest BCUT2D eigenvalue weighted by atomic mass is 10.1. The average Bonchev–Trinajstić information content (AvgIpc) is 2.88. The summed E-state index contributed by atoms with van der Waals surface area (Å²) in [5, 5.41) is 0. The van der Waals surface area contributed by atoms with Gasteiger partial charge in [-0.2, -0.15) is 0 Å². The van der Waals surface area contributed by atoms with Crippen LogP contribution >= 0.6 is 36.2 Å². The van der Waals surface area contributed by atoms with Gasteiger partial charge in [0.15, 0.2) is 0 Å². The van der Waals surface area contributed by atoms with Crippen molar-refractivity contribution in [3.05, 3.63) is 21.9 Å². The summed E-state index contributed by atoms with van der Waals surface area (Å²) in [5.74, 6) is 1.49. The van der Waals surface area contributed by atoms with Crippen molar-refractivity contribution in [2.45, 2.75) is 33.2 Å². The first-order valence-electron chi connectivity index (χ1n) is 6.67. The largest absolute Gasteiger partial charge is 0.330 e. The molecular formula is C14H26Cl2N2S. The summed E-state index contributed by atoms with van der Waals surface area (Å²) in [6.07, 6.45) is 2.50. The zero-order chi connectivity index (χ0) is 12.3. The van der Waals surface area contributed by atoms with Crippen molar-refractivity contribution < 1.29 is 0 Å². The van der Waals surface area contributed by atoms with Gasteiger partial charge in [0, 0.05) is 22.8 Å². The standard InChI is InChI=1S/C14H24N2S.2ClH/c1-11(2)7-13-3-4-14(17-13)10-16-6-5-12(8-15)9-16;;/h3-4,11-12H,5-10,15H2,1-2H3;2*1H. The van der Waals surface area contributed by atoms with Crippen LogP contribution in [0.5, 0.6) is 0 Å². The fraction of sp³-hybridized carbons (Fsp3) is 0.714. The summed E-state index contributed by atoms with van der Waals surface area (Å²) in [4.78, 5) is 5.59. The number of hydrogen-bond donors (Lipinski definition) is 1. The zero-order valence-electron chi connectivity index (χ0n) is 11.8. The molecule has 1 atom stereocenters. The van der Waals surface area contributed by atoms with Gasteiger partial charge in [-0.05, 0) is 49.9 Å². The van der Waals surface area contributed by atoms with Crippen LogP contribution < -0.4 is 5.73 Å². The van der Waals surface area contributed by atoms with E-state index in [4.69, 9.17) is 5.73 Å². The molecule has 0 amide bonds. The Balaban J connectivity index is 0.00000162. The van der Waals surface area contributed by atoms with Crippen molar-refractivity contribution in [2.75, 3.05) is 19.6 Å². The summed E-state index contributed by atoms with van der Waals surface area (Å²) in [7, 11) is 0. The van der Waals surface area contributed by atoms with Crippen LogP contribution in [0, 0.1) is 11.8 Å². The van der Waals surface area contributed by atoms with E-state index in [0.29, 0.717) is 0 Å². The van der Waals surface area contributed by atoms with Crippen molar-refractivity contribution in [3.63, 3.8) is 0 Å². The van der Waals surface area contributed by atoms with Gasteiger partial charge in [-0.25, -0.2) is 0 Å². The van der Waals surface area contributed by atoms with Gasteiger partial charge in [0.25, 0.3) is 0 Å². The van der Waals surface area contributed by atoms with Gasteiger partial charge in [-0.3, -0.25) is 4.90 Å². The van der Waals surface area contributed by atoms with Gasteiger partial charge in [-0.15, -0.1) is 36.2 Å². The molecule has 2 nitrogen and oxygen atoms in total. The van der Waals surface area contributed by atoms with E-state index in [1.165, 1.54) is 35.7 Å². The van der Waals surface area contributed by atoms with E-state index in [1.54, 1.807) is 0 Å². The van der Waals surface area contributed by atoms with Gasteiger partial charge < -0.3 is 5.73 Å². The van der Waals surface area contributed by atoms with Crippen LogP contribution in [0.25, 0.3) is 0 Å². The molecule has 19 heavy (non-hydrogen) atoms. The normalized spacial score (nSPS) is 19.3. The number of nitrogens with zero attached hydrogens (tertiary/aromatic N) is 1. The molecule has 1 unspecified atom stereocenters. The highest BCUT2D eigenvalue weighted by Gasteiger charge is 2.21. The van der Waals surface area contributed by atoms with Crippen molar-refractivity contribution >= 4 is 36.2 Å². The molecule has 1 fully saturated rings. The fourth-order valence-electron chi connectivity index (χ4n) is 2.49. The molecule has 1 aromatic rings. The second-order valence-electron chi connectivity index (χ2n) is 5.59. The van der Waals surface area contributed by atoms with Gasteiger partial charge in [0.1, 0.15) is 0 Å². The molecule has 0 radical (unpaired) electrons. The second kappa shape index (κ2) is 9.19. The quantitative estimate of drug-likeness (QED) is 0.897. The molecule has 2 N–H and O–H groups in total. The lowest BCUT2D eigenvalue weighted by Crippen LogP contribution is -2.22. The Morgan fingerprint density at radius 1 is 1.32 bits per heavy atom. The summed E-state index contributed by atoms with van der Waals surface area (Å²) >= 11 is 1.98. The fourth-order valence-corrected chi connectivity index (χ4v) is 3.76. The number of thiophene rings is 1. The molecular weight excluding hydrogens is 299 g/mol. The monoisotopic (exact) mass is 324 g/mol. The highest BCUT2D eigenvalue weighted by atomic mass is 35.5. The first kappa shape index (κ1) is 19.2. The molecule has 2 rings (SSSR count). The number of nitrogens with two attached hydrogens (primary N) is 1. The average molecular weight is 325 g/mol. The van der Waals surface area contributed by atoms with Gasteiger partial charge in [-0.1, -0.05) is 13.8 Å². The Labute approximate surface area is 133 Å². The minimum absolute atomic E-state index is 0. The minimum atomic E-state index is 0. The maximum atomic E-state index is 5.72. The minimum Gasteiger partial charge on any atom is -0.330 e. The van der Waals surface area contributed by atoms with Gasteiger partial charge in [0.05, 0.1) is 0 Å². The Hall–Kier alpha value is 0.200. The zero-order valence-corrected chi connectivity index (χ0v) is 14.3. The van der Waals surface area contributed by atoms with E-state index in [1.807, 2.05) is 11.3 Å². The number of likely N-dealkylation sites (tertiary alicyclic amines) is 1. The third-order valence-corrected chi connectivity index (χ3v) is 4.50. The smallest absolute Gasteiger partial charge is 0.0328 e. The molecule has 1 aliphatic rings. The van der Waals surface area contributed by atoms with Crippen molar-refractivity contribution in [3.8, 4) is 0 Å². The maximum Gasteiger partial charge on any atom is 0.0328 e. The highest BCUT2D eigenvalue weighted by molar-refractivity contribution is 7.11. The number of hydrogen-bond acceptors (Lipinski definition) is 3. The van der Waals surface area contributed by atoms with E-state index in [-0.39, 0.29) is 24.8 Å². The maximum absolute atomic E-state index is 5.72. The summed E-state index contributed by atoms with van der Waals surface area (Å²) in [6.45, 7) is 8.95. The van der Waals surface area contributed by atoms with E-state index in [2.05, 4.69) is 30.9 Å². The summed E-state index contributed by atoms with van der Waals surface area (Å²) < 4.78 is 0. The Morgan fingerprint density at radius 2 is 2.00 bits per heavy atom. The molecule has 0 aromatic carbocycles. The van der Waals surface area contributed by atoms with Crippen LogP contribution in [-0.2, 0) is 13.0 Å². The van der Waals surface area contributed by atoms with Crippen molar-refractivity contribution in [1.82, 2.24) is 4.90 Å². The van der Waals surface area contributed by atoms with E-state index < -0.39 is 0 Å². The van der Waals surface area contributed by atoms with Crippen molar-refractivity contribution in [1.29, 1.82) is 0 Å². The van der Waals surface area contributed by atoms with Crippen molar-refractivity contribution in [2.24, 2.45) is 17.6 Å². The number of rotatable bonds is 5. The van der Waals surface area contributed by atoms with Crippen LogP contribution in [0.3, 0.4) is 0 Å². The van der Waals surface area contributed by atoms with Crippen LogP contribution in [-0.4, -0.2) is 24.5 Å². The molecule has 112 valence electrons. The molecule has 2 heterocycles. The summed E-state index contributed by atoms with van der Waals surface area (Å²) in [6, 6.07) is 4.61. The van der Waals surface area contributed by atoms with Crippen LogP contribution in [0.4, 0.5) is 0 Å². The van der Waals surface area contributed by atoms with Crippen LogP contribution in [0.1, 0.15) is 30.0 Å². The number of halogens is 2. The lowest BCUT2D eigenvalue weighted by Gasteiger charge is -2.14. The Kier molecular flexibility index (Phi) is 9.29. The molecule has 1 aromatic heterocycles. The topological polar surface area (TPSA) is 29.3 Å². The third kappa shape index (κ3) is 6.01. The van der Waals surface area contributed by atoms with E-state index in [0.717, 1.165) is 24.9 Å². The third-order valence-electron chi connectivity index (χ3n) is 3.41. The highest BCUT2D eigenvalue weighted by Crippen LogP contribution is 2.24. The lowest BCUT2D eigenvalue weighted by molar-refractivity contribution is 0.320. The van der Waals surface area contributed by atoms with Gasteiger partial charge in [0.2, 0.25) is 0 Å². The first-order chi connectivity index (χ1) is 8.17. The van der Waals surface area contributed by atoms with Gasteiger partial charge >= 0.3 is 0 Å². The Morgan fingerprint density at radius 3 is 2.58 bits per heavy atom. The predicted molar refractivity (Wildman–Crippen MR) is 89.8 cm³/mol. The van der Waals surface area contributed by atoms with E-state index >= 15 is 0 Å². The molecule has 0 saturated carbocycles. The Bertz CT molecular complexity index is 355. The molecule has 0 bridgehead atoms.